The number of aryl methyl sites for hydroxylation is 1. The van der Waals surface area contributed by atoms with Crippen LogP contribution in [0.1, 0.15) is 12.5 Å². The van der Waals surface area contributed by atoms with E-state index in [-0.39, 0.29) is 11.7 Å². The van der Waals surface area contributed by atoms with Crippen molar-refractivity contribution >= 4 is 29.0 Å². The lowest BCUT2D eigenvalue weighted by Crippen LogP contribution is -1.97. The van der Waals surface area contributed by atoms with Crippen LogP contribution < -0.4 is 10.5 Å². The van der Waals surface area contributed by atoms with Crippen molar-refractivity contribution < 1.29 is 4.74 Å². The molecule has 0 saturated carbocycles. The highest BCUT2D eigenvalue weighted by Gasteiger charge is 2.10. The lowest BCUT2D eigenvalue weighted by atomic mass is 10.1. The SMILES string of the molecule is CCc1ccccc1Oc1nc(N)c(Cl)cc1Cl. The maximum atomic E-state index is 6.02. The van der Waals surface area contributed by atoms with Gasteiger partial charge in [-0.15, -0.1) is 0 Å². The summed E-state index contributed by atoms with van der Waals surface area (Å²) in [4.78, 5) is 4.03. The van der Waals surface area contributed by atoms with Gasteiger partial charge in [-0.05, 0) is 24.1 Å². The first-order chi connectivity index (χ1) is 8.61. The molecule has 1 aromatic heterocycles. The normalized spacial score (nSPS) is 10.4. The molecular formula is C13H12Cl2N2O. The van der Waals surface area contributed by atoms with Gasteiger partial charge in [0.15, 0.2) is 0 Å². The maximum Gasteiger partial charge on any atom is 0.240 e. The van der Waals surface area contributed by atoms with Gasteiger partial charge in [0.25, 0.3) is 0 Å². The molecule has 0 saturated heterocycles. The lowest BCUT2D eigenvalue weighted by molar-refractivity contribution is 0.459. The summed E-state index contributed by atoms with van der Waals surface area (Å²) in [7, 11) is 0. The Morgan fingerprint density at radius 3 is 2.67 bits per heavy atom. The molecular weight excluding hydrogens is 271 g/mol. The van der Waals surface area contributed by atoms with E-state index in [0.29, 0.717) is 10.0 Å². The van der Waals surface area contributed by atoms with E-state index in [9.17, 15) is 0 Å². The van der Waals surface area contributed by atoms with Crippen LogP contribution in [0.5, 0.6) is 11.6 Å². The second-order valence-corrected chi connectivity index (χ2v) is 4.52. The van der Waals surface area contributed by atoms with Crippen LogP contribution in [-0.2, 0) is 6.42 Å². The van der Waals surface area contributed by atoms with E-state index in [1.165, 1.54) is 6.07 Å². The molecule has 1 aromatic carbocycles. The minimum atomic E-state index is 0.199. The number of rotatable bonds is 3. The van der Waals surface area contributed by atoms with Gasteiger partial charge in [0.2, 0.25) is 5.88 Å². The van der Waals surface area contributed by atoms with Gasteiger partial charge in [0, 0.05) is 0 Å². The predicted octanol–water partition coefficient (Wildman–Crippen LogP) is 4.33. The van der Waals surface area contributed by atoms with Gasteiger partial charge < -0.3 is 10.5 Å². The number of nitrogens with two attached hydrogens (primary N) is 1. The second-order valence-electron chi connectivity index (χ2n) is 3.71. The fourth-order valence-electron chi connectivity index (χ4n) is 1.53. The molecule has 0 aliphatic carbocycles. The third kappa shape index (κ3) is 2.68. The van der Waals surface area contributed by atoms with Gasteiger partial charge in [0.1, 0.15) is 16.6 Å². The van der Waals surface area contributed by atoms with Crippen molar-refractivity contribution in [2.75, 3.05) is 5.73 Å². The van der Waals surface area contributed by atoms with Gasteiger partial charge in [-0.1, -0.05) is 48.3 Å². The standard InChI is InChI=1S/C13H12Cl2N2O/c1-2-8-5-3-4-6-11(8)18-13-10(15)7-9(14)12(16)17-13/h3-7H,2H2,1H3,(H2,16,17). The number of nitrogens with zero attached hydrogens (tertiary/aromatic N) is 1. The van der Waals surface area contributed by atoms with Crippen LogP contribution in [0.4, 0.5) is 5.82 Å². The molecule has 0 amide bonds. The van der Waals surface area contributed by atoms with Crippen molar-refractivity contribution in [3.63, 3.8) is 0 Å². The van der Waals surface area contributed by atoms with Crippen LogP contribution >= 0.6 is 23.2 Å². The van der Waals surface area contributed by atoms with Crippen LogP contribution in [-0.4, -0.2) is 4.98 Å². The van der Waals surface area contributed by atoms with Crippen LogP contribution in [0.15, 0.2) is 30.3 Å². The number of para-hydroxylation sites is 1. The summed E-state index contributed by atoms with van der Waals surface area (Å²) < 4.78 is 5.69. The molecule has 0 radical (unpaired) electrons. The van der Waals surface area contributed by atoms with E-state index < -0.39 is 0 Å². The number of aromatic nitrogens is 1. The molecule has 0 fully saturated rings. The Morgan fingerprint density at radius 2 is 1.94 bits per heavy atom. The molecule has 1 heterocycles. The zero-order valence-electron chi connectivity index (χ0n) is 9.78. The summed E-state index contributed by atoms with van der Waals surface area (Å²) in [5, 5.41) is 0.649. The largest absolute Gasteiger partial charge is 0.437 e. The summed E-state index contributed by atoms with van der Waals surface area (Å²) in [5.74, 6) is 1.18. The summed E-state index contributed by atoms with van der Waals surface area (Å²) in [5.41, 5.74) is 6.71. The molecule has 0 unspecified atom stereocenters. The maximum absolute atomic E-state index is 6.02. The van der Waals surface area contributed by atoms with Gasteiger partial charge in [0.05, 0.1) is 5.02 Å². The Kier molecular flexibility index (Phi) is 3.94. The van der Waals surface area contributed by atoms with E-state index in [1.807, 2.05) is 31.2 Å². The van der Waals surface area contributed by atoms with Crippen molar-refractivity contribution in [3.8, 4) is 11.6 Å². The molecule has 0 atom stereocenters. The lowest BCUT2D eigenvalue weighted by Gasteiger charge is -2.11. The van der Waals surface area contributed by atoms with Gasteiger partial charge in [-0.3, -0.25) is 0 Å². The fourth-order valence-corrected chi connectivity index (χ4v) is 1.93. The molecule has 2 aromatic rings. The molecule has 0 spiro atoms. The first-order valence-corrected chi connectivity index (χ1v) is 6.24. The van der Waals surface area contributed by atoms with Crippen molar-refractivity contribution in [1.82, 2.24) is 4.98 Å². The molecule has 2 N–H and O–H groups in total. The summed E-state index contributed by atoms with van der Waals surface area (Å²) in [6.07, 6.45) is 0.858. The number of hydrogen-bond acceptors (Lipinski definition) is 3. The number of benzene rings is 1. The zero-order chi connectivity index (χ0) is 13.1. The van der Waals surface area contributed by atoms with Gasteiger partial charge in [-0.25, -0.2) is 0 Å². The van der Waals surface area contributed by atoms with Gasteiger partial charge >= 0.3 is 0 Å². The van der Waals surface area contributed by atoms with E-state index in [0.717, 1.165) is 17.7 Å². The molecule has 94 valence electrons. The number of hydrogen-bond donors (Lipinski definition) is 1. The molecule has 2 rings (SSSR count). The van der Waals surface area contributed by atoms with Crippen LogP contribution in [0.2, 0.25) is 10.0 Å². The smallest absolute Gasteiger partial charge is 0.240 e. The topological polar surface area (TPSA) is 48.1 Å². The summed E-state index contributed by atoms with van der Waals surface area (Å²) in [6, 6.07) is 9.22. The summed E-state index contributed by atoms with van der Waals surface area (Å²) >= 11 is 11.8. The van der Waals surface area contributed by atoms with Crippen molar-refractivity contribution in [2.24, 2.45) is 0 Å². The number of nitrogen functional groups attached to an aromatic ring is 1. The number of pyridine rings is 1. The second kappa shape index (κ2) is 5.46. The molecule has 5 heteroatoms. The van der Waals surface area contributed by atoms with Crippen molar-refractivity contribution in [1.29, 1.82) is 0 Å². The van der Waals surface area contributed by atoms with E-state index in [2.05, 4.69) is 4.98 Å². The van der Waals surface area contributed by atoms with E-state index >= 15 is 0 Å². The first kappa shape index (κ1) is 13.0. The quantitative estimate of drug-likeness (QED) is 0.912. The molecule has 18 heavy (non-hydrogen) atoms. The van der Waals surface area contributed by atoms with Crippen molar-refractivity contribution in [2.45, 2.75) is 13.3 Å². The fraction of sp³-hybridized carbons (Fsp3) is 0.154. The molecule has 0 bridgehead atoms. The van der Waals surface area contributed by atoms with E-state index in [1.54, 1.807) is 0 Å². The Hall–Kier alpha value is -1.45. The Bertz CT molecular complexity index is 573. The highest BCUT2D eigenvalue weighted by atomic mass is 35.5. The Labute approximate surface area is 115 Å². The Morgan fingerprint density at radius 1 is 1.22 bits per heavy atom. The number of halogens is 2. The van der Waals surface area contributed by atoms with Crippen LogP contribution in [0.3, 0.4) is 0 Å². The minimum Gasteiger partial charge on any atom is -0.437 e. The molecule has 0 aliphatic rings. The average molecular weight is 283 g/mol. The predicted molar refractivity (Wildman–Crippen MR) is 74.6 cm³/mol. The monoisotopic (exact) mass is 282 g/mol. The number of ether oxygens (including phenoxy) is 1. The summed E-state index contributed by atoms with van der Waals surface area (Å²) in [6.45, 7) is 2.05. The molecule has 3 nitrogen and oxygen atoms in total. The Balaban J connectivity index is 2.37. The zero-order valence-corrected chi connectivity index (χ0v) is 11.3. The van der Waals surface area contributed by atoms with Crippen molar-refractivity contribution in [3.05, 3.63) is 45.9 Å². The third-order valence-corrected chi connectivity index (χ3v) is 3.06. The van der Waals surface area contributed by atoms with Gasteiger partial charge in [-0.2, -0.15) is 4.98 Å². The highest BCUT2D eigenvalue weighted by molar-refractivity contribution is 6.36. The van der Waals surface area contributed by atoms with Crippen LogP contribution in [0, 0.1) is 0 Å². The number of anilines is 1. The minimum absolute atomic E-state index is 0.199. The van der Waals surface area contributed by atoms with Crippen LogP contribution in [0.25, 0.3) is 0 Å². The van der Waals surface area contributed by atoms with E-state index in [4.69, 9.17) is 33.7 Å². The third-order valence-electron chi connectivity index (χ3n) is 2.48. The first-order valence-electron chi connectivity index (χ1n) is 5.49. The molecule has 0 aliphatic heterocycles. The average Bonchev–Trinajstić information content (AvgIpc) is 2.36. The highest BCUT2D eigenvalue weighted by Crippen LogP contribution is 2.33.